The fourth-order valence-corrected chi connectivity index (χ4v) is 3.19. The predicted octanol–water partition coefficient (Wildman–Crippen LogP) is 2.64. The van der Waals surface area contributed by atoms with Gasteiger partial charge in [-0.15, -0.1) is 0 Å². The summed E-state index contributed by atoms with van der Waals surface area (Å²) in [5.74, 6) is 0.981. The fourth-order valence-electron chi connectivity index (χ4n) is 3.19. The molecule has 94 valence electrons. The molecular weight excluding hydrogens is 196 g/mol. The maximum atomic E-state index is 3.81. The second kappa shape index (κ2) is 6.02. The molecule has 2 nitrogen and oxygen atoms in total. The molecule has 0 aromatic carbocycles. The first-order valence-corrected chi connectivity index (χ1v) is 7.23. The smallest absolute Gasteiger partial charge is 0.0195 e. The Morgan fingerprint density at radius 1 is 1.12 bits per heavy atom. The lowest BCUT2D eigenvalue weighted by atomic mass is 10.0. The van der Waals surface area contributed by atoms with E-state index < -0.39 is 0 Å². The van der Waals surface area contributed by atoms with Gasteiger partial charge in [0.2, 0.25) is 0 Å². The van der Waals surface area contributed by atoms with Gasteiger partial charge in [-0.1, -0.05) is 12.8 Å². The molecule has 0 bridgehead atoms. The van der Waals surface area contributed by atoms with Gasteiger partial charge in [0.15, 0.2) is 0 Å². The Balaban J connectivity index is 1.68. The van der Waals surface area contributed by atoms with Crippen molar-refractivity contribution in [2.75, 3.05) is 19.6 Å². The van der Waals surface area contributed by atoms with Crippen molar-refractivity contribution in [2.45, 2.75) is 64.5 Å². The first-order valence-electron chi connectivity index (χ1n) is 7.23. The molecule has 0 amide bonds. The van der Waals surface area contributed by atoms with Crippen molar-refractivity contribution < 1.29 is 0 Å². The average Bonchev–Trinajstić information content (AvgIpc) is 2.79. The van der Waals surface area contributed by atoms with Crippen molar-refractivity contribution in [3.05, 3.63) is 0 Å². The Bertz CT molecular complexity index is 197. The van der Waals surface area contributed by atoms with Crippen LogP contribution in [0.2, 0.25) is 0 Å². The number of rotatable bonds is 4. The van der Waals surface area contributed by atoms with Crippen molar-refractivity contribution in [3.8, 4) is 0 Å². The molecule has 1 unspecified atom stereocenters. The van der Waals surface area contributed by atoms with Crippen molar-refractivity contribution >= 4 is 0 Å². The normalized spacial score (nSPS) is 29.1. The second-order valence-electron chi connectivity index (χ2n) is 5.99. The number of hydrogen-bond acceptors (Lipinski definition) is 2. The highest BCUT2D eigenvalue weighted by atomic mass is 15.2. The summed E-state index contributed by atoms with van der Waals surface area (Å²) >= 11 is 0. The van der Waals surface area contributed by atoms with E-state index in [1.807, 2.05) is 0 Å². The van der Waals surface area contributed by atoms with E-state index in [-0.39, 0.29) is 0 Å². The van der Waals surface area contributed by atoms with Crippen LogP contribution in [0.4, 0.5) is 0 Å². The Hall–Kier alpha value is -0.0800. The summed E-state index contributed by atoms with van der Waals surface area (Å²) in [6.45, 7) is 8.49. The van der Waals surface area contributed by atoms with Crippen molar-refractivity contribution in [2.24, 2.45) is 5.92 Å². The van der Waals surface area contributed by atoms with Gasteiger partial charge in [-0.2, -0.15) is 0 Å². The van der Waals surface area contributed by atoms with Crippen LogP contribution < -0.4 is 5.32 Å². The van der Waals surface area contributed by atoms with E-state index in [0.717, 1.165) is 18.0 Å². The topological polar surface area (TPSA) is 15.3 Å². The van der Waals surface area contributed by atoms with Gasteiger partial charge >= 0.3 is 0 Å². The Labute approximate surface area is 101 Å². The molecule has 2 rings (SSSR count). The molecule has 2 heteroatoms. The highest BCUT2D eigenvalue weighted by Gasteiger charge is 2.22. The third kappa shape index (κ3) is 3.46. The molecule has 2 aliphatic rings. The zero-order valence-corrected chi connectivity index (χ0v) is 11.0. The SMILES string of the molecule is CC(C)N1CCCC(NCC2CCCC2)C1. The van der Waals surface area contributed by atoms with Gasteiger partial charge in [0.25, 0.3) is 0 Å². The third-order valence-electron chi connectivity index (χ3n) is 4.35. The van der Waals surface area contributed by atoms with Gasteiger partial charge in [0.05, 0.1) is 0 Å². The lowest BCUT2D eigenvalue weighted by molar-refractivity contribution is 0.152. The van der Waals surface area contributed by atoms with Crippen LogP contribution in [0, 0.1) is 5.92 Å². The first-order chi connectivity index (χ1) is 7.75. The van der Waals surface area contributed by atoms with Crippen LogP contribution >= 0.6 is 0 Å². The molecule has 0 radical (unpaired) electrons. The van der Waals surface area contributed by atoms with Gasteiger partial charge in [0, 0.05) is 18.6 Å². The fraction of sp³-hybridized carbons (Fsp3) is 1.00. The van der Waals surface area contributed by atoms with Crippen LogP contribution in [-0.4, -0.2) is 36.6 Å². The number of nitrogens with zero attached hydrogens (tertiary/aromatic N) is 1. The quantitative estimate of drug-likeness (QED) is 0.790. The maximum absolute atomic E-state index is 3.81. The van der Waals surface area contributed by atoms with E-state index in [0.29, 0.717) is 0 Å². The van der Waals surface area contributed by atoms with E-state index in [4.69, 9.17) is 0 Å². The summed E-state index contributed by atoms with van der Waals surface area (Å²) in [6, 6.07) is 1.48. The van der Waals surface area contributed by atoms with Gasteiger partial charge in [-0.25, -0.2) is 0 Å². The number of nitrogens with one attached hydrogen (secondary N) is 1. The summed E-state index contributed by atoms with van der Waals surface area (Å²) < 4.78 is 0. The second-order valence-corrected chi connectivity index (χ2v) is 5.99. The molecule has 0 aromatic heterocycles. The van der Waals surface area contributed by atoms with E-state index in [2.05, 4.69) is 24.1 Å². The largest absolute Gasteiger partial charge is 0.312 e. The molecule has 1 saturated carbocycles. The zero-order valence-electron chi connectivity index (χ0n) is 11.0. The van der Waals surface area contributed by atoms with Gasteiger partial charge < -0.3 is 5.32 Å². The van der Waals surface area contributed by atoms with E-state index in [1.54, 1.807) is 0 Å². The van der Waals surface area contributed by atoms with Gasteiger partial charge in [0.1, 0.15) is 0 Å². The lowest BCUT2D eigenvalue weighted by Gasteiger charge is -2.36. The molecule has 1 N–H and O–H groups in total. The first kappa shape index (κ1) is 12.4. The summed E-state index contributed by atoms with van der Waals surface area (Å²) in [7, 11) is 0. The highest BCUT2D eigenvalue weighted by Crippen LogP contribution is 2.24. The van der Waals surface area contributed by atoms with Crippen LogP contribution in [0.1, 0.15) is 52.4 Å². The van der Waals surface area contributed by atoms with E-state index in [1.165, 1.54) is 58.2 Å². The Morgan fingerprint density at radius 2 is 1.88 bits per heavy atom. The molecule has 0 spiro atoms. The maximum Gasteiger partial charge on any atom is 0.0195 e. The number of hydrogen-bond donors (Lipinski definition) is 1. The molecule has 1 heterocycles. The summed E-state index contributed by atoms with van der Waals surface area (Å²) in [5.41, 5.74) is 0. The predicted molar refractivity (Wildman–Crippen MR) is 69.7 cm³/mol. The van der Waals surface area contributed by atoms with Crippen LogP contribution in [0.25, 0.3) is 0 Å². The molecule has 0 aromatic rings. The third-order valence-corrected chi connectivity index (χ3v) is 4.35. The molecule has 1 aliphatic heterocycles. The zero-order chi connectivity index (χ0) is 11.4. The average molecular weight is 224 g/mol. The summed E-state index contributed by atoms with van der Waals surface area (Å²) in [5, 5.41) is 3.81. The van der Waals surface area contributed by atoms with Gasteiger partial charge in [-0.3, -0.25) is 4.90 Å². The number of piperidine rings is 1. The van der Waals surface area contributed by atoms with E-state index in [9.17, 15) is 0 Å². The molecular formula is C14H28N2. The molecule has 1 saturated heterocycles. The minimum absolute atomic E-state index is 0.719. The minimum Gasteiger partial charge on any atom is -0.312 e. The minimum atomic E-state index is 0.719. The molecule has 1 atom stereocenters. The molecule has 1 aliphatic carbocycles. The highest BCUT2D eigenvalue weighted by molar-refractivity contribution is 4.81. The van der Waals surface area contributed by atoms with Crippen molar-refractivity contribution in [3.63, 3.8) is 0 Å². The van der Waals surface area contributed by atoms with Crippen molar-refractivity contribution in [1.82, 2.24) is 10.2 Å². The Morgan fingerprint density at radius 3 is 2.56 bits per heavy atom. The monoisotopic (exact) mass is 224 g/mol. The van der Waals surface area contributed by atoms with Gasteiger partial charge in [-0.05, 0) is 58.5 Å². The number of likely N-dealkylation sites (tertiary alicyclic amines) is 1. The Kier molecular flexibility index (Phi) is 4.66. The summed E-state index contributed by atoms with van der Waals surface area (Å²) in [4.78, 5) is 2.62. The molecule has 16 heavy (non-hydrogen) atoms. The van der Waals surface area contributed by atoms with E-state index >= 15 is 0 Å². The van der Waals surface area contributed by atoms with Crippen LogP contribution in [0.3, 0.4) is 0 Å². The van der Waals surface area contributed by atoms with Crippen molar-refractivity contribution in [1.29, 1.82) is 0 Å². The standard InChI is InChI=1S/C14H28N2/c1-12(2)16-9-5-8-14(11-16)15-10-13-6-3-4-7-13/h12-15H,3-11H2,1-2H3. The van der Waals surface area contributed by atoms with Crippen LogP contribution in [-0.2, 0) is 0 Å². The lowest BCUT2D eigenvalue weighted by Crippen LogP contribution is -2.48. The summed E-state index contributed by atoms with van der Waals surface area (Å²) in [6.07, 6.45) is 8.63. The van der Waals surface area contributed by atoms with Crippen LogP contribution in [0.15, 0.2) is 0 Å². The van der Waals surface area contributed by atoms with Crippen LogP contribution in [0.5, 0.6) is 0 Å². The molecule has 2 fully saturated rings.